The summed E-state index contributed by atoms with van der Waals surface area (Å²) < 4.78 is 12.5. The van der Waals surface area contributed by atoms with Crippen LogP contribution in [0.2, 0.25) is 0 Å². The standard InChI is InChI=1S/C37H41N5O6/c1-24-11-18-32(43)29(21-24)33-26(23-41(5)40-33)15-12-25-13-16-27(17-14-25)38-34(44)31-10-6-7-19-42(31)35(45)30(22-28-9-8-20-47-28)39-36(46)48-37(2,3)4/h8-9,11,13-14,16-18,20-21,23,30-31,43H,6-7,10,19,22H2,1-5H3,(H,38,44)(H,39,46)/t30-,31?/m0/s1. The lowest BCUT2D eigenvalue weighted by Crippen LogP contribution is -2.57. The van der Waals surface area contributed by atoms with Crippen LogP contribution in [0, 0.1) is 18.8 Å². The van der Waals surface area contributed by atoms with Gasteiger partial charge in [-0.05, 0) is 95.5 Å². The average Bonchev–Trinajstić information content (AvgIpc) is 3.69. The normalized spacial score (nSPS) is 15.2. The number of likely N-dealkylation sites (tertiary alicyclic amines) is 1. The largest absolute Gasteiger partial charge is 0.507 e. The molecule has 2 aromatic heterocycles. The van der Waals surface area contributed by atoms with Gasteiger partial charge in [-0.2, -0.15) is 5.10 Å². The summed E-state index contributed by atoms with van der Waals surface area (Å²) >= 11 is 0. The number of carbonyl (C=O) groups excluding carboxylic acids is 3. The fraction of sp³-hybridized carbons (Fsp3) is 0.351. The molecule has 1 aliphatic rings. The molecule has 1 fully saturated rings. The summed E-state index contributed by atoms with van der Waals surface area (Å²) in [5.74, 6) is 6.27. The number of hydrogen-bond acceptors (Lipinski definition) is 7. The van der Waals surface area contributed by atoms with Crippen molar-refractivity contribution in [1.82, 2.24) is 20.0 Å². The molecule has 1 aliphatic heterocycles. The number of aromatic nitrogens is 2. The van der Waals surface area contributed by atoms with Gasteiger partial charge in [0.15, 0.2) is 0 Å². The van der Waals surface area contributed by atoms with Gasteiger partial charge in [-0.3, -0.25) is 14.3 Å². The first-order chi connectivity index (χ1) is 22.9. The number of benzene rings is 2. The quantitative estimate of drug-likeness (QED) is 0.223. The number of amides is 3. The Hall–Kier alpha value is -5.50. The molecule has 11 heteroatoms. The summed E-state index contributed by atoms with van der Waals surface area (Å²) in [6.07, 6.45) is 4.72. The lowest BCUT2D eigenvalue weighted by molar-refractivity contribution is -0.142. The van der Waals surface area contributed by atoms with E-state index in [4.69, 9.17) is 9.15 Å². The summed E-state index contributed by atoms with van der Waals surface area (Å²) in [4.78, 5) is 41.6. The first-order valence-electron chi connectivity index (χ1n) is 16.0. The third-order valence-electron chi connectivity index (χ3n) is 7.79. The number of anilines is 1. The number of hydrogen-bond donors (Lipinski definition) is 3. The van der Waals surface area contributed by atoms with E-state index in [1.165, 1.54) is 6.26 Å². The Morgan fingerprint density at radius 1 is 1.10 bits per heavy atom. The summed E-state index contributed by atoms with van der Waals surface area (Å²) in [7, 11) is 1.80. The fourth-order valence-corrected chi connectivity index (χ4v) is 5.57. The minimum absolute atomic E-state index is 0.116. The smallest absolute Gasteiger partial charge is 0.408 e. The first-order valence-corrected chi connectivity index (χ1v) is 16.0. The molecule has 0 bridgehead atoms. The van der Waals surface area contributed by atoms with Gasteiger partial charge in [-0.15, -0.1) is 0 Å². The summed E-state index contributed by atoms with van der Waals surface area (Å²) in [6.45, 7) is 7.57. The Balaban J connectivity index is 1.28. The molecule has 250 valence electrons. The van der Waals surface area contributed by atoms with E-state index in [9.17, 15) is 19.5 Å². The monoisotopic (exact) mass is 651 g/mol. The summed E-state index contributed by atoms with van der Waals surface area (Å²) in [5, 5.41) is 20.6. The van der Waals surface area contributed by atoms with E-state index in [-0.39, 0.29) is 24.0 Å². The van der Waals surface area contributed by atoms with Crippen LogP contribution in [0.1, 0.15) is 62.5 Å². The van der Waals surface area contributed by atoms with Crippen LogP contribution in [0.25, 0.3) is 11.3 Å². The molecule has 3 N–H and O–H groups in total. The van der Waals surface area contributed by atoms with Gasteiger partial charge in [-0.1, -0.05) is 23.5 Å². The van der Waals surface area contributed by atoms with E-state index in [0.717, 1.165) is 24.0 Å². The van der Waals surface area contributed by atoms with E-state index in [0.29, 0.717) is 41.2 Å². The van der Waals surface area contributed by atoms with Crippen molar-refractivity contribution in [2.75, 3.05) is 11.9 Å². The zero-order valence-electron chi connectivity index (χ0n) is 27.9. The zero-order chi connectivity index (χ0) is 34.4. The molecule has 1 unspecified atom stereocenters. The lowest BCUT2D eigenvalue weighted by Gasteiger charge is -2.37. The number of phenols is 1. The number of alkyl carbamates (subject to hydrolysis) is 1. The van der Waals surface area contributed by atoms with Gasteiger partial charge >= 0.3 is 6.09 Å². The topological polar surface area (TPSA) is 139 Å². The van der Waals surface area contributed by atoms with Crippen LogP contribution in [0.4, 0.5) is 10.5 Å². The lowest BCUT2D eigenvalue weighted by atomic mass is 9.99. The number of furan rings is 1. The number of carbonyl (C=O) groups is 3. The van der Waals surface area contributed by atoms with Crippen molar-refractivity contribution in [2.45, 2.75) is 71.1 Å². The van der Waals surface area contributed by atoms with Crippen LogP contribution in [-0.4, -0.2) is 61.9 Å². The highest BCUT2D eigenvalue weighted by atomic mass is 16.6. The predicted molar refractivity (Wildman–Crippen MR) is 181 cm³/mol. The van der Waals surface area contributed by atoms with Crippen molar-refractivity contribution in [3.63, 3.8) is 0 Å². The van der Waals surface area contributed by atoms with Crippen molar-refractivity contribution in [3.05, 3.63) is 89.5 Å². The highest BCUT2D eigenvalue weighted by molar-refractivity contribution is 5.98. The number of phenolic OH excluding ortho intramolecular Hbond substituents is 1. The van der Waals surface area contributed by atoms with Gasteiger partial charge in [0, 0.05) is 43.0 Å². The molecule has 3 heterocycles. The number of rotatable bonds is 7. The second kappa shape index (κ2) is 14.5. The number of nitrogens with zero attached hydrogens (tertiary/aromatic N) is 3. The van der Waals surface area contributed by atoms with Crippen molar-refractivity contribution in [1.29, 1.82) is 0 Å². The highest BCUT2D eigenvalue weighted by Gasteiger charge is 2.37. The van der Waals surface area contributed by atoms with Crippen LogP contribution >= 0.6 is 0 Å². The van der Waals surface area contributed by atoms with Crippen LogP contribution in [0.5, 0.6) is 5.75 Å². The van der Waals surface area contributed by atoms with Crippen molar-refractivity contribution < 1.29 is 28.6 Å². The van der Waals surface area contributed by atoms with Crippen LogP contribution in [0.15, 0.2) is 71.5 Å². The molecule has 0 saturated carbocycles. The number of aromatic hydroxyl groups is 1. The van der Waals surface area contributed by atoms with Gasteiger partial charge < -0.3 is 29.8 Å². The molecule has 3 amide bonds. The molecule has 0 aliphatic carbocycles. The summed E-state index contributed by atoms with van der Waals surface area (Å²) in [6, 6.07) is 14.2. The third kappa shape index (κ3) is 8.64. The maximum atomic E-state index is 13.9. The second-order valence-corrected chi connectivity index (χ2v) is 12.9. The minimum Gasteiger partial charge on any atom is -0.507 e. The molecule has 0 spiro atoms. The van der Waals surface area contributed by atoms with E-state index in [1.807, 2.05) is 19.1 Å². The number of nitrogens with one attached hydrogen (secondary N) is 2. The Morgan fingerprint density at radius 2 is 1.88 bits per heavy atom. The maximum absolute atomic E-state index is 13.9. The van der Waals surface area contributed by atoms with Gasteiger partial charge in [0.2, 0.25) is 11.8 Å². The van der Waals surface area contributed by atoms with E-state index < -0.39 is 23.8 Å². The van der Waals surface area contributed by atoms with Crippen molar-refractivity contribution in [3.8, 4) is 28.8 Å². The summed E-state index contributed by atoms with van der Waals surface area (Å²) in [5.41, 5.74) is 3.41. The average molecular weight is 652 g/mol. The zero-order valence-corrected chi connectivity index (χ0v) is 27.9. The molecule has 5 rings (SSSR count). The molecule has 0 radical (unpaired) electrons. The SMILES string of the molecule is Cc1ccc(O)c(-c2nn(C)cc2C#Cc2ccc(NC(=O)C3CCCCN3C(=O)[C@H](Cc3ccco3)NC(=O)OC(C)(C)C)cc2)c1. The maximum Gasteiger partial charge on any atom is 0.408 e. The Kier molecular flexibility index (Phi) is 10.2. The van der Waals surface area contributed by atoms with Gasteiger partial charge in [0.25, 0.3) is 0 Å². The highest BCUT2D eigenvalue weighted by Crippen LogP contribution is 2.31. The molecule has 4 aromatic rings. The van der Waals surface area contributed by atoms with Crippen molar-refractivity contribution in [2.24, 2.45) is 7.05 Å². The molecule has 48 heavy (non-hydrogen) atoms. The minimum atomic E-state index is -0.979. The van der Waals surface area contributed by atoms with Gasteiger partial charge in [0.1, 0.15) is 34.9 Å². The molecule has 11 nitrogen and oxygen atoms in total. The van der Waals surface area contributed by atoms with Crippen LogP contribution in [-0.2, 0) is 27.8 Å². The molecular formula is C37H41N5O6. The number of ether oxygens (including phenoxy) is 1. The molecule has 1 saturated heterocycles. The Bertz CT molecular complexity index is 1830. The fourth-order valence-electron chi connectivity index (χ4n) is 5.57. The van der Waals surface area contributed by atoms with Gasteiger partial charge in [-0.25, -0.2) is 4.79 Å². The Morgan fingerprint density at radius 3 is 2.58 bits per heavy atom. The number of piperidine rings is 1. The third-order valence-corrected chi connectivity index (χ3v) is 7.79. The Labute approximate surface area is 280 Å². The second-order valence-electron chi connectivity index (χ2n) is 12.9. The number of aryl methyl sites for hydroxylation is 2. The molecule has 2 atom stereocenters. The van der Waals surface area contributed by atoms with Crippen molar-refractivity contribution >= 4 is 23.6 Å². The molecular weight excluding hydrogens is 610 g/mol. The van der Waals surface area contributed by atoms with E-state index in [2.05, 4.69) is 27.6 Å². The molecule has 2 aromatic carbocycles. The predicted octanol–water partition coefficient (Wildman–Crippen LogP) is 5.55. The van der Waals surface area contributed by atoms with E-state index in [1.54, 1.807) is 86.1 Å². The van der Waals surface area contributed by atoms with Crippen LogP contribution in [0.3, 0.4) is 0 Å². The first kappa shape index (κ1) is 33.9. The van der Waals surface area contributed by atoms with E-state index >= 15 is 0 Å². The van der Waals surface area contributed by atoms with Crippen LogP contribution < -0.4 is 10.6 Å². The van der Waals surface area contributed by atoms with Gasteiger partial charge in [0.05, 0.1) is 11.8 Å².